The Bertz CT molecular complexity index is 1250. The minimum absolute atomic E-state index is 0.180. The third kappa shape index (κ3) is 2.90. The Balaban J connectivity index is 1.96. The number of fused-ring (bicyclic) bond motifs is 1. The van der Waals surface area contributed by atoms with E-state index in [1.165, 1.54) is 12.3 Å². The van der Waals surface area contributed by atoms with Crippen molar-refractivity contribution in [1.82, 2.24) is 14.8 Å². The van der Waals surface area contributed by atoms with Crippen LogP contribution in [0.4, 0.5) is 0 Å². The lowest BCUT2D eigenvalue weighted by atomic mass is 9.77. The van der Waals surface area contributed by atoms with Crippen molar-refractivity contribution in [2.75, 3.05) is 0 Å². The van der Waals surface area contributed by atoms with Crippen LogP contribution in [0.15, 0.2) is 109 Å². The van der Waals surface area contributed by atoms with E-state index in [1.54, 1.807) is 6.20 Å². The molecule has 0 fully saturated rings. The topological polar surface area (TPSA) is 68.0 Å². The van der Waals surface area contributed by atoms with E-state index < -0.39 is 11.5 Å². The summed E-state index contributed by atoms with van der Waals surface area (Å²) >= 11 is 0. The van der Waals surface area contributed by atoms with Crippen LogP contribution in [0.2, 0.25) is 0 Å². The number of benzene rings is 3. The molecule has 0 aliphatic heterocycles. The first-order valence-corrected chi connectivity index (χ1v) is 9.96. The normalized spacial score (nSPS) is 11.5. The average molecular weight is 405 g/mol. The van der Waals surface area contributed by atoms with Gasteiger partial charge in [-0.2, -0.15) is 5.10 Å². The number of aromatic carboxylic acids is 1. The van der Waals surface area contributed by atoms with E-state index in [4.69, 9.17) is 5.10 Å². The predicted octanol–water partition coefficient (Wildman–Crippen LogP) is 4.97. The highest BCUT2D eigenvalue weighted by molar-refractivity contribution is 6.01. The van der Waals surface area contributed by atoms with Crippen LogP contribution in [0.1, 0.15) is 27.0 Å². The third-order valence-electron chi connectivity index (χ3n) is 5.59. The molecule has 0 saturated heterocycles. The van der Waals surface area contributed by atoms with E-state index >= 15 is 0 Å². The highest BCUT2D eigenvalue weighted by Crippen LogP contribution is 2.41. The Kier molecular flexibility index (Phi) is 4.56. The number of nitrogens with zero attached hydrogens (tertiary/aromatic N) is 3. The Morgan fingerprint density at radius 1 is 0.742 bits per heavy atom. The van der Waals surface area contributed by atoms with Gasteiger partial charge in [0.25, 0.3) is 0 Å². The number of hydrogen-bond donors (Lipinski definition) is 1. The number of aromatic nitrogens is 3. The third-order valence-corrected chi connectivity index (χ3v) is 5.59. The molecule has 1 N–H and O–H groups in total. The number of carboxylic acids is 1. The van der Waals surface area contributed by atoms with Crippen LogP contribution in [0.5, 0.6) is 0 Å². The summed E-state index contributed by atoms with van der Waals surface area (Å²) in [6, 6.07) is 31.8. The van der Waals surface area contributed by atoms with Gasteiger partial charge in [0.15, 0.2) is 5.65 Å². The van der Waals surface area contributed by atoms with Crippen molar-refractivity contribution in [3.63, 3.8) is 0 Å². The Labute approximate surface area is 179 Å². The smallest absolute Gasteiger partial charge is 0.336 e. The summed E-state index contributed by atoms with van der Waals surface area (Å²) in [5, 5.41) is 14.9. The quantitative estimate of drug-likeness (QED) is 0.419. The monoisotopic (exact) mass is 405 g/mol. The standard InChI is InChI=1S/C26H19N3O2/c30-25(31)22-16-17-27-24-23(22)18-28-29(24)26(19-10-4-1-5-11-19,20-12-6-2-7-13-20)21-14-8-3-9-15-21/h1-18H,(H,30,31). The van der Waals surface area contributed by atoms with Gasteiger partial charge in [0, 0.05) is 6.20 Å². The molecule has 0 amide bonds. The second-order valence-electron chi connectivity index (χ2n) is 7.27. The molecular weight excluding hydrogens is 386 g/mol. The lowest BCUT2D eigenvalue weighted by Crippen LogP contribution is -2.38. The molecule has 5 nitrogen and oxygen atoms in total. The van der Waals surface area contributed by atoms with Crippen molar-refractivity contribution in [2.45, 2.75) is 5.54 Å². The van der Waals surface area contributed by atoms with Crippen molar-refractivity contribution < 1.29 is 9.90 Å². The first-order valence-electron chi connectivity index (χ1n) is 9.96. The molecule has 0 atom stereocenters. The molecular formula is C26H19N3O2. The summed E-state index contributed by atoms with van der Waals surface area (Å²) in [7, 11) is 0. The molecule has 150 valence electrons. The molecule has 31 heavy (non-hydrogen) atoms. The lowest BCUT2D eigenvalue weighted by Gasteiger charge is -2.36. The average Bonchev–Trinajstić information content (AvgIpc) is 3.26. The summed E-state index contributed by atoms with van der Waals surface area (Å²) in [5.41, 5.74) is 2.85. The SMILES string of the molecule is O=C(O)c1ccnc2c1cnn2C(c1ccccc1)(c1ccccc1)c1ccccc1. The maximum atomic E-state index is 11.8. The van der Waals surface area contributed by atoms with E-state index in [0.717, 1.165) is 16.7 Å². The number of carbonyl (C=O) groups is 1. The molecule has 5 heteroatoms. The zero-order valence-corrected chi connectivity index (χ0v) is 16.6. The molecule has 2 heterocycles. The zero-order valence-electron chi connectivity index (χ0n) is 16.6. The molecule has 5 aromatic rings. The van der Waals surface area contributed by atoms with Crippen LogP contribution in [0.3, 0.4) is 0 Å². The van der Waals surface area contributed by atoms with Crippen molar-refractivity contribution in [3.8, 4) is 0 Å². The molecule has 0 aliphatic carbocycles. The van der Waals surface area contributed by atoms with Crippen molar-refractivity contribution in [3.05, 3.63) is 132 Å². The minimum atomic E-state index is -1.00. The number of pyridine rings is 1. The van der Waals surface area contributed by atoms with Crippen LogP contribution >= 0.6 is 0 Å². The maximum Gasteiger partial charge on any atom is 0.336 e. The van der Waals surface area contributed by atoms with E-state index in [0.29, 0.717) is 11.0 Å². The van der Waals surface area contributed by atoms with Gasteiger partial charge in [0.2, 0.25) is 0 Å². The van der Waals surface area contributed by atoms with E-state index in [2.05, 4.69) is 41.4 Å². The molecule has 3 aromatic carbocycles. The first kappa shape index (κ1) is 18.8. The van der Waals surface area contributed by atoms with Crippen LogP contribution in [-0.2, 0) is 5.54 Å². The molecule has 0 radical (unpaired) electrons. The number of hydrogen-bond acceptors (Lipinski definition) is 3. The van der Waals surface area contributed by atoms with Crippen LogP contribution in [0.25, 0.3) is 11.0 Å². The van der Waals surface area contributed by atoms with Gasteiger partial charge in [0.1, 0.15) is 5.54 Å². The van der Waals surface area contributed by atoms with Gasteiger partial charge in [-0.25, -0.2) is 14.5 Å². The largest absolute Gasteiger partial charge is 0.478 e. The van der Waals surface area contributed by atoms with Gasteiger partial charge >= 0.3 is 5.97 Å². The van der Waals surface area contributed by atoms with Gasteiger partial charge in [-0.1, -0.05) is 91.0 Å². The van der Waals surface area contributed by atoms with Gasteiger partial charge in [0.05, 0.1) is 17.1 Å². The summed E-state index contributed by atoms with van der Waals surface area (Å²) in [6.45, 7) is 0. The molecule has 0 unspecified atom stereocenters. The second-order valence-corrected chi connectivity index (χ2v) is 7.27. The van der Waals surface area contributed by atoms with Crippen molar-refractivity contribution in [1.29, 1.82) is 0 Å². The highest BCUT2D eigenvalue weighted by Gasteiger charge is 2.40. The van der Waals surface area contributed by atoms with Crippen LogP contribution in [0, 0.1) is 0 Å². The van der Waals surface area contributed by atoms with Gasteiger partial charge < -0.3 is 5.11 Å². The fourth-order valence-corrected chi connectivity index (χ4v) is 4.27. The molecule has 0 aliphatic rings. The minimum Gasteiger partial charge on any atom is -0.478 e. The number of carboxylic acid groups (broad SMARTS) is 1. The van der Waals surface area contributed by atoms with Crippen LogP contribution in [-0.4, -0.2) is 25.8 Å². The maximum absolute atomic E-state index is 11.8. The molecule has 0 spiro atoms. The molecule has 5 rings (SSSR count). The second kappa shape index (κ2) is 7.54. The van der Waals surface area contributed by atoms with Gasteiger partial charge in [-0.05, 0) is 22.8 Å². The van der Waals surface area contributed by atoms with Gasteiger partial charge in [-0.15, -0.1) is 0 Å². The van der Waals surface area contributed by atoms with E-state index in [1.807, 2.05) is 59.3 Å². The first-order chi connectivity index (χ1) is 15.2. The Hall–Kier alpha value is -4.25. The molecule has 2 aromatic heterocycles. The van der Waals surface area contributed by atoms with E-state index in [-0.39, 0.29) is 5.56 Å². The number of rotatable bonds is 5. The summed E-state index contributed by atoms with van der Waals surface area (Å²) in [4.78, 5) is 16.4. The Morgan fingerprint density at radius 2 is 1.23 bits per heavy atom. The van der Waals surface area contributed by atoms with E-state index in [9.17, 15) is 9.90 Å². The lowest BCUT2D eigenvalue weighted by molar-refractivity contribution is 0.0699. The van der Waals surface area contributed by atoms with Crippen LogP contribution < -0.4 is 0 Å². The summed E-state index contributed by atoms with van der Waals surface area (Å²) < 4.78 is 1.84. The summed E-state index contributed by atoms with van der Waals surface area (Å²) in [6.07, 6.45) is 3.12. The fraction of sp³-hybridized carbons (Fsp3) is 0.0385. The predicted molar refractivity (Wildman–Crippen MR) is 119 cm³/mol. The Morgan fingerprint density at radius 3 is 1.68 bits per heavy atom. The van der Waals surface area contributed by atoms with Crippen molar-refractivity contribution >= 4 is 17.0 Å². The molecule has 0 bridgehead atoms. The van der Waals surface area contributed by atoms with Gasteiger partial charge in [-0.3, -0.25) is 0 Å². The fourth-order valence-electron chi connectivity index (χ4n) is 4.27. The zero-order chi connectivity index (χ0) is 21.3. The highest BCUT2D eigenvalue weighted by atomic mass is 16.4. The molecule has 0 saturated carbocycles. The van der Waals surface area contributed by atoms with Crippen molar-refractivity contribution in [2.24, 2.45) is 0 Å². The summed E-state index contributed by atoms with van der Waals surface area (Å²) in [5.74, 6) is -1.00.